The van der Waals surface area contributed by atoms with Gasteiger partial charge in [-0.15, -0.1) is 0 Å². The highest BCUT2D eigenvalue weighted by molar-refractivity contribution is 5.72. The van der Waals surface area contributed by atoms with Crippen LogP contribution in [0.25, 0.3) is 0 Å². The van der Waals surface area contributed by atoms with Crippen LogP contribution in [0.1, 0.15) is 92.4 Å². The zero-order valence-electron chi connectivity index (χ0n) is 21.5. The van der Waals surface area contributed by atoms with Crippen LogP contribution in [-0.4, -0.2) is 29.8 Å². The van der Waals surface area contributed by atoms with Gasteiger partial charge in [-0.1, -0.05) is 32.4 Å². The molecule has 0 aromatic heterocycles. The topological polar surface area (TPSA) is 58.6 Å². The molecular weight excluding hydrogens is 410 g/mol. The molecule has 0 spiro atoms. The van der Waals surface area contributed by atoms with Gasteiger partial charge in [0.15, 0.2) is 0 Å². The summed E-state index contributed by atoms with van der Waals surface area (Å²) in [5.41, 5.74) is 3.75. The van der Waals surface area contributed by atoms with Gasteiger partial charge in [-0.25, -0.2) is 0 Å². The van der Waals surface area contributed by atoms with Crippen LogP contribution >= 0.6 is 0 Å². The first-order valence-electron chi connectivity index (χ1n) is 13.6. The van der Waals surface area contributed by atoms with E-state index in [1.54, 1.807) is 12.5 Å². The molecule has 0 bridgehead atoms. The normalized spacial score (nSPS) is 44.7. The van der Waals surface area contributed by atoms with Crippen LogP contribution in [0.15, 0.2) is 23.0 Å². The highest BCUT2D eigenvalue weighted by atomic mass is 16.5. The molecule has 1 aliphatic heterocycles. The zero-order chi connectivity index (χ0) is 23.5. The highest BCUT2D eigenvalue weighted by Crippen LogP contribution is 2.68. The molecule has 0 unspecified atom stereocenters. The number of hydrogen-bond acceptors (Lipinski definition) is 3. The van der Waals surface area contributed by atoms with Crippen molar-refractivity contribution in [3.8, 4) is 0 Å². The monoisotopic (exact) mass is 455 g/mol. The van der Waals surface area contributed by atoms with E-state index in [0.717, 1.165) is 56.4 Å². The summed E-state index contributed by atoms with van der Waals surface area (Å²) in [7, 11) is 0. The van der Waals surface area contributed by atoms with Crippen molar-refractivity contribution in [2.75, 3.05) is 6.54 Å². The lowest BCUT2D eigenvalue weighted by Crippen LogP contribution is -2.50. The van der Waals surface area contributed by atoms with E-state index >= 15 is 0 Å². The Balaban J connectivity index is 1.30. The van der Waals surface area contributed by atoms with Gasteiger partial charge in [-0.3, -0.25) is 4.79 Å². The summed E-state index contributed by atoms with van der Waals surface area (Å²) in [6.45, 7) is 12.0. The first-order valence-corrected chi connectivity index (χ1v) is 13.6. The Labute approximate surface area is 200 Å². The van der Waals surface area contributed by atoms with E-state index in [9.17, 15) is 9.90 Å². The number of fused-ring (bicyclic) bond motifs is 7. The Morgan fingerprint density at radius 1 is 1.27 bits per heavy atom. The number of rotatable bonds is 5. The smallest absolute Gasteiger partial charge is 0.216 e. The number of ether oxygens (including phenoxy) is 1. The lowest BCUT2D eigenvalue weighted by molar-refractivity contribution is -0.119. The van der Waals surface area contributed by atoms with E-state index in [0.29, 0.717) is 28.8 Å². The molecule has 4 nitrogen and oxygen atoms in total. The maximum atomic E-state index is 11.2. The molecule has 5 rings (SSSR count). The third-order valence-corrected chi connectivity index (χ3v) is 10.8. The third-order valence-electron chi connectivity index (χ3n) is 10.8. The molecule has 4 heteroatoms. The van der Waals surface area contributed by atoms with Gasteiger partial charge in [0.2, 0.25) is 5.91 Å². The van der Waals surface area contributed by atoms with Crippen molar-refractivity contribution < 1.29 is 14.6 Å². The molecule has 0 aromatic rings. The maximum Gasteiger partial charge on any atom is 0.216 e. The fraction of sp³-hybridized carbons (Fsp3) is 0.828. The third kappa shape index (κ3) is 3.79. The average Bonchev–Trinajstić information content (AvgIpc) is 3.24. The van der Waals surface area contributed by atoms with Crippen LogP contribution in [0, 0.1) is 40.4 Å². The number of carbonyl (C=O) groups is 1. The van der Waals surface area contributed by atoms with Gasteiger partial charge in [0.25, 0.3) is 0 Å². The Hall–Kier alpha value is -1.29. The molecule has 184 valence electrons. The standard InChI is InChI=1S/C29H45NO3/c1-17(16-30-19(3)31)6-9-25-18(2)27-26(33-25)15-24-22-8-7-20-14-21(32)10-12-28(20,4)23(22)11-13-29(24,27)5/h7,17,21-24,26-27,32H,6,8-16H2,1-5H3,(H,30,31)/t17-,21-,22-,23+,24+,26+,27+,28+,29+/m1/s1. The second-order valence-electron chi connectivity index (χ2n) is 12.8. The quantitative estimate of drug-likeness (QED) is 0.518. The minimum atomic E-state index is -0.124. The van der Waals surface area contributed by atoms with Gasteiger partial charge < -0.3 is 15.2 Å². The molecule has 3 fully saturated rings. The van der Waals surface area contributed by atoms with Crippen LogP contribution in [0.4, 0.5) is 0 Å². The summed E-state index contributed by atoms with van der Waals surface area (Å²) >= 11 is 0. The molecule has 3 saturated carbocycles. The van der Waals surface area contributed by atoms with Gasteiger partial charge in [0.1, 0.15) is 6.10 Å². The van der Waals surface area contributed by atoms with E-state index in [-0.39, 0.29) is 12.0 Å². The van der Waals surface area contributed by atoms with Crippen molar-refractivity contribution in [2.24, 2.45) is 40.4 Å². The number of allylic oxidation sites excluding steroid dienone is 2. The highest BCUT2D eigenvalue weighted by Gasteiger charge is 2.63. The van der Waals surface area contributed by atoms with Crippen molar-refractivity contribution in [1.29, 1.82) is 0 Å². The molecule has 0 radical (unpaired) electrons. The second kappa shape index (κ2) is 8.43. The number of amides is 1. The zero-order valence-corrected chi connectivity index (χ0v) is 21.5. The summed E-state index contributed by atoms with van der Waals surface area (Å²) in [5, 5.41) is 13.2. The second-order valence-corrected chi connectivity index (χ2v) is 12.8. The largest absolute Gasteiger partial charge is 0.494 e. The summed E-state index contributed by atoms with van der Waals surface area (Å²) < 4.78 is 6.70. The van der Waals surface area contributed by atoms with Crippen molar-refractivity contribution in [3.05, 3.63) is 23.0 Å². The molecule has 4 aliphatic carbocycles. The van der Waals surface area contributed by atoms with Gasteiger partial charge in [0, 0.05) is 25.8 Å². The maximum absolute atomic E-state index is 11.2. The molecule has 0 aromatic carbocycles. The fourth-order valence-electron chi connectivity index (χ4n) is 9.02. The molecule has 9 atom stereocenters. The first-order chi connectivity index (χ1) is 15.6. The molecule has 0 saturated heterocycles. The summed E-state index contributed by atoms with van der Waals surface area (Å²) in [6.07, 6.45) is 13.0. The Morgan fingerprint density at radius 3 is 2.82 bits per heavy atom. The van der Waals surface area contributed by atoms with E-state index in [2.05, 4.69) is 39.1 Å². The summed E-state index contributed by atoms with van der Waals surface area (Å²) in [4.78, 5) is 11.2. The molecule has 33 heavy (non-hydrogen) atoms. The number of hydrogen-bond donors (Lipinski definition) is 2. The van der Waals surface area contributed by atoms with E-state index in [1.165, 1.54) is 37.0 Å². The van der Waals surface area contributed by atoms with E-state index in [1.807, 2.05) is 0 Å². The van der Waals surface area contributed by atoms with E-state index in [4.69, 9.17) is 4.74 Å². The van der Waals surface area contributed by atoms with Crippen molar-refractivity contribution in [1.82, 2.24) is 5.32 Å². The minimum absolute atomic E-state index is 0.0569. The molecule has 5 aliphatic rings. The summed E-state index contributed by atoms with van der Waals surface area (Å²) in [6, 6.07) is 0. The Kier molecular flexibility index (Phi) is 5.99. The van der Waals surface area contributed by atoms with Gasteiger partial charge >= 0.3 is 0 Å². The van der Waals surface area contributed by atoms with Gasteiger partial charge in [-0.2, -0.15) is 0 Å². The Bertz CT molecular complexity index is 861. The predicted octanol–water partition coefficient (Wildman–Crippen LogP) is 5.76. The van der Waals surface area contributed by atoms with Crippen molar-refractivity contribution in [2.45, 2.75) is 105 Å². The predicted molar refractivity (Wildman–Crippen MR) is 131 cm³/mol. The van der Waals surface area contributed by atoms with E-state index < -0.39 is 0 Å². The van der Waals surface area contributed by atoms with Gasteiger partial charge in [0.05, 0.1) is 11.9 Å². The lowest BCUT2D eigenvalue weighted by atomic mass is 9.47. The average molecular weight is 456 g/mol. The summed E-state index contributed by atoms with van der Waals surface area (Å²) in [5.74, 6) is 4.66. The number of nitrogens with one attached hydrogen (secondary N) is 1. The SMILES string of the molecule is CC(=O)NC[C@H](C)CCC1=C(C)[C@H]2[C@H](C[C@H]3[C@@H]4CC=C5C[C@H](O)CC[C@]5(C)[C@H]4CC[C@@]32C)O1. The van der Waals surface area contributed by atoms with Crippen molar-refractivity contribution in [3.63, 3.8) is 0 Å². The van der Waals surface area contributed by atoms with Gasteiger partial charge in [-0.05, 0) is 98.4 Å². The molecular formula is C29H45NO3. The van der Waals surface area contributed by atoms with Crippen LogP contribution in [-0.2, 0) is 9.53 Å². The minimum Gasteiger partial charge on any atom is -0.494 e. The molecule has 1 amide bonds. The van der Waals surface area contributed by atoms with Crippen LogP contribution in [0.3, 0.4) is 0 Å². The molecule has 2 N–H and O–H groups in total. The molecule has 1 heterocycles. The number of aliphatic hydroxyl groups is 1. The Morgan fingerprint density at radius 2 is 2.06 bits per heavy atom. The van der Waals surface area contributed by atoms with Crippen LogP contribution < -0.4 is 5.32 Å². The van der Waals surface area contributed by atoms with Crippen LogP contribution in [0.5, 0.6) is 0 Å². The number of carbonyl (C=O) groups excluding carboxylic acids is 1. The number of aliphatic hydroxyl groups excluding tert-OH is 1. The first kappa shape index (κ1) is 23.5. The fourth-order valence-corrected chi connectivity index (χ4v) is 9.02. The lowest BCUT2D eigenvalue weighted by Gasteiger charge is -2.57. The van der Waals surface area contributed by atoms with Crippen LogP contribution in [0.2, 0.25) is 0 Å². The van der Waals surface area contributed by atoms with Crippen molar-refractivity contribution >= 4 is 5.91 Å².